The molecular formula is C17H15BrO2. The van der Waals surface area contributed by atoms with Crippen molar-refractivity contribution in [1.82, 2.24) is 0 Å². The molecule has 1 aliphatic carbocycles. The first-order valence-electron chi connectivity index (χ1n) is 6.62. The average molecular weight is 331 g/mol. The van der Waals surface area contributed by atoms with Gasteiger partial charge in [0.05, 0.1) is 4.47 Å². The van der Waals surface area contributed by atoms with E-state index in [4.69, 9.17) is 9.47 Å². The van der Waals surface area contributed by atoms with Crippen LogP contribution in [0.25, 0.3) is 0 Å². The lowest BCUT2D eigenvalue weighted by Gasteiger charge is -2.16. The molecule has 0 amide bonds. The predicted octanol–water partition coefficient (Wildman–Crippen LogP) is 4.60. The summed E-state index contributed by atoms with van der Waals surface area (Å²) in [5.74, 6) is 1.76. The third-order valence-electron chi connectivity index (χ3n) is 3.15. The van der Waals surface area contributed by atoms with Crippen LogP contribution in [0.3, 0.4) is 0 Å². The fraction of sp³-hybridized carbons (Fsp3) is 0.176. The van der Waals surface area contributed by atoms with Crippen LogP contribution >= 0.6 is 15.9 Å². The van der Waals surface area contributed by atoms with Gasteiger partial charge in [0.2, 0.25) is 0 Å². The zero-order chi connectivity index (χ0) is 13.8. The molecule has 2 unspecified atom stereocenters. The van der Waals surface area contributed by atoms with Gasteiger partial charge in [0.25, 0.3) is 0 Å². The number of para-hydroxylation sites is 2. The van der Waals surface area contributed by atoms with Crippen LogP contribution in [0.5, 0.6) is 11.5 Å². The van der Waals surface area contributed by atoms with Gasteiger partial charge in [0.1, 0.15) is 23.7 Å². The van der Waals surface area contributed by atoms with E-state index < -0.39 is 0 Å². The minimum absolute atomic E-state index is 0.0578. The molecule has 2 nitrogen and oxygen atoms in total. The number of rotatable bonds is 4. The molecule has 0 fully saturated rings. The van der Waals surface area contributed by atoms with Gasteiger partial charge < -0.3 is 9.47 Å². The molecule has 0 N–H and O–H groups in total. The highest BCUT2D eigenvalue weighted by atomic mass is 79.9. The molecule has 0 aliphatic heterocycles. The fourth-order valence-electron chi connectivity index (χ4n) is 2.19. The Morgan fingerprint density at radius 2 is 1.45 bits per heavy atom. The normalized spacial score (nSPS) is 20.9. The molecule has 0 saturated carbocycles. The highest BCUT2D eigenvalue weighted by Gasteiger charge is 2.22. The van der Waals surface area contributed by atoms with Crippen molar-refractivity contribution in [2.75, 3.05) is 0 Å². The molecule has 3 rings (SSSR count). The summed E-state index contributed by atoms with van der Waals surface area (Å²) in [6.45, 7) is 0. The van der Waals surface area contributed by atoms with E-state index in [0.29, 0.717) is 0 Å². The molecule has 1 aliphatic rings. The number of ether oxygens (including phenoxy) is 2. The Bertz CT molecular complexity index is 595. The summed E-state index contributed by atoms with van der Waals surface area (Å²) in [5, 5.41) is 0. The summed E-state index contributed by atoms with van der Waals surface area (Å²) in [5.41, 5.74) is 0. The van der Waals surface area contributed by atoms with Crippen LogP contribution in [-0.2, 0) is 0 Å². The first-order valence-corrected chi connectivity index (χ1v) is 7.42. The molecular weight excluding hydrogens is 316 g/mol. The highest BCUT2D eigenvalue weighted by molar-refractivity contribution is 9.10. The quantitative estimate of drug-likeness (QED) is 0.762. The lowest BCUT2D eigenvalue weighted by molar-refractivity contribution is 0.179. The first-order chi connectivity index (χ1) is 9.81. The smallest absolute Gasteiger partial charge is 0.134 e. The number of hydrogen-bond acceptors (Lipinski definition) is 2. The van der Waals surface area contributed by atoms with Gasteiger partial charge in [0.15, 0.2) is 0 Å². The van der Waals surface area contributed by atoms with E-state index in [9.17, 15) is 0 Å². The molecule has 2 aromatic carbocycles. The van der Waals surface area contributed by atoms with Crippen molar-refractivity contribution in [1.29, 1.82) is 0 Å². The van der Waals surface area contributed by atoms with Crippen molar-refractivity contribution in [3.05, 3.63) is 71.2 Å². The van der Waals surface area contributed by atoms with Crippen molar-refractivity contribution in [2.45, 2.75) is 18.6 Å². The summed E-state index contributed by atoms with van der Waals surface area (Å²) in [6.07, 6.45) is 5.09. The van der Waals surface area contributed by atoms with Gasteiger partial charge in [-0.15, -0.1) is 0 Å². The van der Waals surface area contributed by atoms with Gasteiger partial charge in [0, 0.05) is 6.42 Å². The average Bonchev–Trinajstić information content (AvgIpc) is 2.90. The van der Waals surface area contributed by atoms with Crippen LogP contribution < -0.4 is 9.47 Å². The molecule has 0 saturated heterocycles. The summed E-state index contributed by atoms with van der Waals surface area (Å²) in [6, 6.07) is 17.8. The summed E-state index contributed by atoms with van der Waals surface area (Å²) < 4.78 is 12.8. The fourth-order valence-corrected chi connectivity index (χ4v) is 2.56. The maximum atomic E-state index is 5.96. The van der Waals surface area contributed by atoms with Gasteiger partial charge in [-0.1, -0.05) is 30.3 Å². The minimum Gasteiger partial charge on any atom is -0.486 e. The third kappa shape index (κ3) is 3.23. The number of benzene rings is 2. The zero-order valence-corrected chi connectivity index (χ0v) is 12.5. The van der Waals surface area contributed by atoms with Crippen LogP contribution in [-0.4, -0.2) is 12.2 Å². The van der Waals surface area contributed by atoms with E-state index in [1.165, 1.54) is 0 Å². The van der Waals surface area contributed by atoms with Crippen molar-refractivity contribution in [2.24, 2.45) is 0 Å². The molecule has 0 bridgehead atoms. The lowest BCUT2D eigenvalue weighted by atomic mass is 10.2. The second kappa shape index (κ2) is 6.14. The molecule has 0 spiro atoms. The second-order valence-electron chi connectivity index (χ2n) is 4.68. The van der Waals surface area contributed by atoms with Crippen LogP contribution in [0.4, 0.5) is 0 Å². The van der Waals surface area contributed by atoms with Gasteiger partial charge in [-0.25, -0.2) is 0 Å². The van der Waals surface area contributed by atoms with Crippen molar-refractivity contribution < 1.29 is 9.47 Å². The largest absolute Gasteiger partial charge is 0.486 e. The van der Waals surface area contributed by atoms with Crippen LogP contribution in [0.2, 0.25) is 0 Å². The van der Waals surface area contributed by atoms with Crippen LogP contribution in [0, 0.1) is 0 Å². The molecule has 0 heterocycles. The minimum atomic E-state index is 0.0578. The summed E-state index contributed by atoms with van der Waals surface area (Å²) >= 11 is 3.49. The summed E-state index contributed by atoms with van der Waals surface area (Å²) in [4.78, 5) is 0. The molecule has 2 aromatic rings. The highest BCUT2D eigenvalue weighted by Crippen LogP contribution is 2.28. The second-order valence-corrected chi connectivity index (χ2v) is 5.53. The molecule has 102 valence electrons. The Balaban J connectivity index is 1.58. The van der Waals surface area contributed by atoms with E-state index in [1.54, 1.807) is 0 Å². The lowest BCUT2D eigenvalue weighted by Crippen LogP contribution is -2.18. The Hall–Kier alpha value is -1.74. The molecule has 2 atom stereocenters. The summed E-state index contributed by atoms with van der Waals surface area (Å²) in [7, 11) is 0. The SMILES string of the molecule is Brc1ccccc1OC1C=CC(Oc2ccccc2)C1. The van der Waals surface area contributed by atoms with E-state index in [1.807, 2.05) is 54.6 Å². The number of halogens is 1. The monoisotopic (exact) mass is 330 g/mol. The van der Waals surface area contributed by atoms with Gasteiger partial charge in [-0.3, -0.25) is 0 Å². The van der Waals surface area contributed by atoms with Crippen LogP contribution in [0.15, 0.2) is 71.2 Å². The van der Waals surface area contributed by atoms with E-state index in [0.717, 1.165) is 22.4 Å². The van der Waals surface area contributed by atoms with Gasteiger partial charge in [-0.05, 0) is 52.3 Å². The van der Waals surface area contributed by atoms with E-state index in [-0.39, 0.29) is 12.2 Å². The molecule has 0 aromatic heterocycles. The van der Waals surface area contributed by atoms with Gasteiger partial charge in [-0.2, -0.15) is 0 Å². The third-order valence-corrected chi connectivity index (χ3v) is 3.81. The maximum Gasteiger partial charge on any atom is 0.134 e. The van der Waals surface area contributed by atoms with Crippen LogP contribution in [0.1, 0.15) is 6.42 Å². The van der Waals surface area contributed by atoms with Crippen molar-refractivity contribution in [3.63, 3.8) is 0 Å². The molecule has 0 radical (unpaired) electrons. The van der Waals surface area contributed by atoms with Crippen molar-refractivity contribution in [3.8, 4) is 11.5 Å². The van der Waals surface area contributed by atoms with Crippen molar-refractivity contribution >= 4 is 15.9 Å². The maximum absolute atomic E-state index is 5.96. The molecule has 3 heteroatoms. The van der Waals surface area contributed by atoms with E-state index in [2.05, 4.69) is 28.1 Å². The zero-order valence-electron chi connectivity index (χ0n) is 10.9. The van der Waals surface area contributed by atoms with Gasteiger partial charge >= 0.3 is 0 Å². The van der Waals surface area contributed by atoms with E-state index >= 15 is 0 Å². The Morgan fingerprint density at radius 1 is 0.800 bits per heavy atom. The Morgan fingerprint density at radius 3 is 2.20 bits per heavy atom. The standard InChI is InChI=1S/C17H15BrO2/c18-16-8-4-5-9-17(16)20-15-11-10-14(12-15)19-13-6-2-1-3-7-13/h1-11,14-15H,12H2. The Kier molecular flexibility index (Phi) is 4.07. The molecule has 20 heavy (non-hydrogen) atoms. The topological polar surface area (TPSA) is 18.5 Å². The number of hydrogen-bond donors (Lipinski definition) is 0. The predicted molar refractivity (Wildman–Crippen MR) is 83.2 cm³/mol. The first kappa shape index (κ1) is 13.3. The Labute approximate surface area is 127 Å².